The molecule has 21 heavy (non-hydrogen) atoms. The predicted octanol–water partition coefficient (Wildman–Crippen LogP) is 0.691. The molecule has 0 amide bonds. The first kappa shape index (κ1) is 13.9. The van der Waals surface area contributed by atoms with E-state index in [1.54, 1.807) is 0 Å². The number of halogens is 3. The maximum atomic E-state index is 12.5. The number of H-pyrrole nitrogens is 1. The zero-order valence-corrected chi connectivity index (χ0v) is 11.0. The molecule has 2 aromatic heterocycles. The van der Waals surface area contributed by atoms with Crippen molar-refractivity contribution in [3.63, 3.8) is 0 Å². The number of aromatic nitrogens is 7. The SMILES string of the molecule is FC(F)(F)Cn1nnnc1CN1CCC[C@H]1c1ncn[nH]1. The van der Waals surface area contributed by atoms with Gasteiger partial charge in [0.15, 0.2) is 5.82 Å². The van der Waals surface area contributed by atoms with E-state index in [1.165, 1.54) is 6.33 Å². The van der Waals surface area contributed by atoms with E-state index in [2.05, 4.69) is 30.7 Å². The fourth-order valence-corrected chi connectivity index (χ4v) is 2.51. The van der Waals surface area contributed by atoms with E-state index in [0.717, 1.165) is 24.1 Å². The topological polar surface area (TPSA) is 88.4 Å². The molecule has 3 heterocycles. The molecular formula is C10H13F3N8. The van der Waals surface area contributed by atoms with Gasteiger partial charge in [0.1, 0.15) is 18.7 Å². The number of hydrogen-bond acceptors (Lipinski definition) is 6. The molecule has 0 bridgehead atoms. The smallest absolute Gasteiger partial charge is 0.286 e. The fraction of sp³-hybridized carbons (Fsp3) is 0.700. The number of aromatic amines is 1. The summed E-state index contributed by atoms with van der Waals surface area (Å²) in [6, 6.07) is 0.00327. The van der Waals surface area contributed by atoms with Gasteiger partial charge in [0.05, 0.1) is 12.6 Å². The summed E-state index contributed by atoms with van der Waals surface area (Å²) in [5, 5.41) is 17.0. The van der Waals surface area contributed by atoms with Gasteiger partial charge in [-0.05, 0) is 29.8 Å². The van der Waals surface area contributed by atoms with E-state index in [9.17, 15) is 13.2 Å². The van der Waals surface area contributed by atoms with E-state index in [4.69, 9.17) is 0 Å². The van der Waals surface area contributed by atoms with Crippen molar-refractivity contribution in [2.75, 3.05) is 6.54 Å². The average molecular weight is 302 g/mol. The molecule has 0 radical (unpaired) electrons. The molecule has 114 valence electrons. The number of nitrogens with zero attached hydrogens (tertiary/aromatic N) is 7. The molecule has 1 atom stereocenters. The van der Waals surface area contributed by atoms with Crippen molar-refractivity contribution in [3.05, 3.63) is 18.0 Å². The lowest BCUT2D eigenvalue weighted by Gasteiger charge is -2.21. The van der Waals surface area contributed by atoms with E-state index >= 15 is 0 Å². The van der Waals surface area contributed by atoms with Gasteiger partial charge in [-0.15, -0.1) is 5.10 Å². The largest absolute Gasteiger partial charge is 0.408 e. The van der Waals surface area contributed by atoms with Gasteiger partial charge < -0.3 is 0 Å². The molecular weight excluding hydrogens is 289 g/mol. The van der Waals surface area contributed by atoms with Crippen LogP contribution in [-0.4, -0.2) is 53.0 Å². The standard InChI is InChI=1S/C10H13F3N8/c11-10(12,13)5-21-8(16-18-19-21)4-20-3-1-2-7(20)9-14-6-15-17-9/h6-7H,1-5H2,(H,14,15,17)/t7-/m0/s1. The Morgan fingerprint density at radius 3 is 2.95 bits per heavy atom. The molecule has 3 rings (SSSR count). The lowest BCUT2D eigenvalue weighted by atomic mass is 10.2. The monoisotopic (exact) mass is 302 g/mol. The number of hydrogen-bond donors (Lipinski definition) is 1. The summed E-state index contributed by atoms with van der Waals surface area (Å²) in [5.74, 6) is 0.904. The first-order valence-corrected chi connectivity index (χ1v) is 6.44. The first-order valence-electron chi connectivity index (χ1n) is 6.44. The van der Waals surface area contributed by atoms with Gasteiger partial charge in [0, 0.05) is 0 Å². The summed E-state index contributed by atoms with van der Waals surface area (Å²) in [4.78, 5) is 6.11. The highest BCUT2D eigenvalue weighted by Crippen LogP contribution is 2.30. The van der Waals surface area contributed by atoms with Crippen LogP contribution in [0.3, 0.4) is 0 Å². The number of rotatable bonds is 4. The Hall–Kier alpha value is -2.04. The van der Waals surface area contributed by atoms with Gasteiger partial charge in [-0.25, -0.2) is 9.67 Å². The zero-order chi connectivity index (χ0) is 14.9. The molecule has 1 saturated heterocycles. The summed E-state index contributed by atoms with van der Waals surface area (Å²) in [5.41, 5.74) is 0. The van der Waals surface area contributed by atoms with Gasteiger partial charge in [-0.1, -0.05) is 0 Å². The lowest BCUT2D eigenvalue weighted by molar-refractivity contribution is -0.143. The Balaban J connectivity index is 1.73. The van der Waals surface area contributed by atoms with E-state index in [1.807, 2.05) is 4.90 Å². The van der Waals surface area contributed by atoms with Gasteiger partial charge >= 0.3 is 6.18 Å². The van der Waals surface area contributed by atoms with Crippen LogP contribution in [-0.2, 0) is 13.1 Å². The summed E-state index contributed by atoms with van der Waals surface area (Å²) >= 11 is 0. The van der Waals surface area contributed by atoms with Gasteiger partial charge in [0.2, 0.25) is 0 Å². The second kappa shape index (κ2) is 5.39. The van der Waals surface area contributed by atoms with Crippen molar-refractivity contribution in [1.82, 2.24) is 40.3 Å². The number of likely N-dealkylation sites (tertiary alicyclic amines) is 1. The number of alkyl halides is 3. The van der Waals surface area contributed by atoms with Crippen molar-refractivity contribution in [2.45, 2.75) is 38.1 Å². The highest BCUT2D eigenvalue weighted by molar-refractivity contribution is 4.97. The molecule has 1 aliphatic heterocycles. The minimum absolute atomic E-state index is 0.00327. The van der Waals surface area contributed by atoms with Crippen LogP contribution < -0.4 is 0 Å². The molecule has 0 aromatic carbocycles. The van der Waals surface area contributed by atoms with Crippen molar-refractivity contribution in [1.29, 1.82) is 0 Å². The third-order valence-electron chi connectivity index (χ3n) is 3.39. The molecule has 1 N–H and O–H groups in total. The lowest BCUT2D eigenvalue weighted by Crippen LogP contribution is -2.27. The maximum Gasteiger partial charge on any atom is 0.408 e. The van der Waals surface area contributed by atoms with Gasteiger partial charge in [-0.2, -0.15) is 18.3 Å². The Labute approximate surface area is 117 Å². The number of tetrazole rings is 1. The van der Waals surface area contributed by atoms with E-state index in [0.29, 0.717) is 5.82 Å². The van der Waals surface area contributed by atoms with Crippen LogP contribution in [0.1, 0.15) is 30.5 Å². The highest BCUT2D eigenvalue weighted by Gasteiger charge is 2.33. The third-order valence-corrected chi connectivity index (χ3v) is 3.39. The normalized spacial score (nSPS) is 20.2. The van der Waals surface area contributed by atoms with Crippen LogP contribution in [0.15, 0.2) is 6.33 Å². The summed E-state index contributed by atoms with van der Waals surface area (Å²) in [7, 11) is 0. The van der Waals surface area contributed by atoms with Crippen LogP contribution in [0, 0.1) is 0 Å². The van der Waals surface area contributed by atoms with Crippen LogP contribution in [0.5, 0.6) is 0 Å². The first-order chi connectivity index (χ1) is 10.0. The van der Waals surface area contributed by atoms with Gasteiger partial charge in [-0.3, -0.25) is 10.00 Å². The zero-order valence-electron chi connectivity index (χ0n) is 11.0. The van der Waals surface area contributed by atoms with Crippen LogP contribution in [0.25, 0.3) is 0 Å². The average Bonchev–Trinajstić information content (AvgIpc) is 3.10. The molecule has 0 unspecified atom stereocenters. The van der Waals surface area contributed by atoms with E-state index in [-0.39, 0.29) is 18.4 Å². The molecule has 11 heteroatoms. The van der Waals surface area contributed by atoms with Crippen molar-refractivity contribution >= 4 is 0 Å². The molecule has 1 aliphatic rings. The van der Waals surface area contributed by atoms with Crippen LogP contribution in [0.2, 0.25) is 0 Å². The summed E-state index contributed by atoms with van der Waals surface area (Å²) in [6.45, 7) is -0.186. The molecule has 1 fully saturated rings. The maximum absolute atomic E-state index is 12.5. The Kier molecular flexibility index (Phi) is 3.57. The van der Waals surface area contributed by atoms with Gasteiger partial charge in [0.25, 0.3) is 0 Å². The van der Waals surface area contributed by atoms with E-state index < -0.39 is 12.7 Å². The molecule has 8 nitrogen and oxygen atoms in total. The Morgan fingerprint density at radius 1 is 1.38 bits per heavy atom. The second-order valence-corrected chi connectivity index (χ2v) is 4.87. The molecule has 0 aliphatic carbocycles. The highest BCUT2D eigenvalue weighted by atomic mass is 19.4. The Bertz CT molecular complexity index is 577. The Morgan fingerprint density at radius 2 is 2.24 bits per heavy atom. The third kappa shape index (κ3) is 3.17. The predicted molar refractivity (Wildman–Crippen MR) is 62.6 cm³/mol. The molecule has 2 aromatic rings. The minimum atomic E-state index is -4.35. The van der Waals surface area contributed by atoms with Crippen LogP contribution >= 0.6 is 0 Å². The molecule has 0 saturated carbocycles. The van der Waals surface area contributed by atoms with Crippen molar-refractivity contribution in [2.24, 2.45) is 0 Å². The minimum Gasteiger partial charge on any atom is -0.286 e. The summed E-state index contributed by atoms with van der Waals surface area (Å²) in [6.07, 6.45) is -1.12. The quantitative estimate of drug-likeness (QED) is 0.894. The second-order valence-electron chi connectivity index (χ2n) is 4.87. The van der Waals surface area contributed by atoms with Crippen molar-refractivity contribution < 1.29 is 13.2 Å². The summed E-state index contributed by atoms with van der Waals surface area (Å²) < 4.78 is 38.2. The van der Waals surface area contributed by atoms with Crippen molar-refractivity contribution in [3.8, 4) is 0 Å². The van der Waals surface area contributed by atoms with Crippen LogP contribution in [0.4, 0.5) is 13.2 Å². The number of nitrogens with one attached hydrogen (secondary N) is 1. The molecule has 0 spiro atoms. The fourth-order valence-electron chi connectivity index (χ4n) is 2.51.